The molecule has 35 heavy (non-hydrogen) atoms. The lowest BCUT2D eigenvalue weighted by Gasteiger charge is -2.55. The topological polar surface area (TPSA) is 122 Å². The highest BCUT2D eigenvalue weighted by Gasteiger charge is 2.55. The highest BCUT2D eigenvalue weighted by atomic mass is 32.2. The summed E-state index contributed by atoms with van der Waals surface area (Å²) in [5, 5.41) is 0. The van der Waals surface area contributed by atoms with E-state index >= 15 is 0 Å². The summed E-state index contributed by atoms with van der Waals surface area (Å²) in [6.07, 6.45) is 6.01. The maximum absolute atomic E-state index is 13.6. The lowest BCUT2D eigenvalue weighted by Crippen LogP contribution is -2.51. The third-order valence-electron chi connectivity index (χ3n) is 7.83. The third-order valence-corrected chi connectivity index (χ3v) is 8.39. The van der Waals surface area contributed by atoms with Gasteiger partial charge in [-0.3, -0.25) is 13.8 Å². The van der Waals surface area contributed by atoms with Gasteiger partial charge in [-0.25, -0.2) is 0 Å². The molecule has 4 bridgehead atoms. The zero-order valence-electron chi connectivity index (χ0n) is 21.2. The number of carbonyl (C=O) groups excluding carboxylic acids is 2. The highest BCUT2D eigenvalue weighted by molar-refractivity contribution is 7.86. The van der Waals surface area contributed by atoms with E-state index in [2.05, 4.69) is 0 Å². The molecule has 2 unspecified atom stereocenters. The zero-order valence-corrected chi connectivity index (χ0v) is 22.0. The molecule has 0 amide bonds. The molecule has 0 aromatic heterocycles. The number of nitrogens with two attached hydrogens (primary N) is 1. The molecule has 0 heterocycles. The summed E-state index contributed by atoms with van der Waals surface area (Å²) in [6, 6.07) is 3.90. The van der Waals surface area contributed by atoms with Crippen LogP contribution in [0.1, 0.15) is 77.9 Å². The summed E-state index contributed by atoms with van der Waals surface area (Å²) in [6.45, 7) is 6.93. The minimum absolute atomic E-state index is 0.0710. The number of hydrogen-bond acceptors (Lipinski definition) is 8. The molecule has 5 rings (SSSR count). The third kappa shape index (κ3) is 5.73. The molecule has 194 valence electrons. The molecule has 0 aliphatic heterocycles. The van der Waals surface area contributed by atoms with Gasteiger partial charge in [-0.1, -0.05) is 26.8 Å². The molecule has 1 aromatic carbocycles. The highest BCUT2D eigenvalue weighted by Crippen LogP contribution is 2.60. The molecule has 9 heteroatoms. The van der Waals surface area contributed by atoms with Gasteiger partial charge in [-0.2, -0.15) is 8.42 Å². The zero-order chi connectivity index (χ0) is 25.8. The van der Waals surface area contributed by atoms with E-state index in [1.54, 1.807) is 6.07 Å². The Morgan fingerprint density at radius 1 is 1.00 bits per heavy atom. The Kier molecular flexibility index (Phi) is 6.83. The Bertz CT molecular complexity index is 1070. The van der Waals surface area contributed by atoms with Gasteiger partial charge >= 0.3 is 11.9 Å². The fourth-order valence-corrected chi connectivity index (χ4v) is 7.16. The maximum atomic E-state index is 13.6. The van der Waals surface area contributed by atoms with Gasteiger partial charge in [0.25, 0.3) is 10.1 Å². The van der Waals surface area contributed by atoms with E-state index < -0.39 is 39.1 Å². The molecule has 0 radical (unpaired) electrons. The van der Waals surface area contributed by atoms with Crippen molar-refractivity contribution in [2.45, 2.75) is 78.4 Å². The average molecular weight is 508 g/mol. The summed E-state index contributed by atoms with van der Waals surface area (Å²) in [4.78, 5) is 25.3. The van der Waals surface area contributed by atoms with E-state index in [1.165, 1.54) is 38.3 Å². The van der Waals surface area contributed by atoms with Gasteiger partial charge in [0, 0.05) is 13.0 Å². The van der Waals surface area contributed by atoms with Crippen molar-refractivity contribution in [1.29, 1.82) is 0 Å². The van der Waals surface area contributed by atoms with Crippen LogP contribution in [0.25, 0.3) is 0 Å². The van der Waals surface area contributed by atoms with Crippen LogP contribution in [-0.2, 0) is 23.9 Å². The van der Waals surface area contributed by atoms with Crippen LogP contribution in [-0.4, -0.2) is 32.7 Å². The van der Waals surface area contributed by atoms with Crippen molar-refractivity contribution in [3.8, 4) is 11.5 Å². The van der Waals surface area contributed by atoms with Crippen molar-refractivity contribution in [3.63, 3.8) is 0 Å². The molecular weight excluding hydrogens is 470 g/mol. The van der Waals surface area contributed by atoms with Gasteiger partial charge in [0.1, 0.15) is 6.10 Å². The van der Waals surface area contributed by atoms with Gasteiger partial charge in [-0.15, -0.1) is 0 Å². The van der Waals surface area contributed by atoms with E-state index in [1.807, 2.05) is 20.8 Å². The predicted molar refractivity (Wildman–Crippen MR) is 130 cm³/mol. The number of esters is 2. The lowest BCUT2D eigenvalue weighted by atomic mass is 9.49. The van der Waals surface area contributed by atoms with Crippen molar-refractivity contribution in [3.05, 3.63) is 23.8 Å². The van der Waals surface area contributed by atoms with Crippen LogP contribution in [0.2, 0.25) is 0 Å². The van der Waals surface area contributed by atoms with E-state index in [-0.39, 0.29) is 17.5 Å². The molecule has 1 aromatic rings. The molecular formula is C26H37NO7S. The van der Waals surface area contributed by atoms with Crippen LogP contribution in [0.15, 0.2) is 18.2 Å². The fraction of sp³-hybridized carbons (Fsp3) is 0.692. The molecule has 4 fully saturated rings. The average Bonchev–Trinajstić information content (AvgIpc) is 2.70. The number of benzene rings is 1. The summed E-state index contributed by atoms with van der Waals surface area (Å²) in [7, 11) is -3.85. The normalized spacial score (nSPS) is 29.5. The van der Waals surface area contributed by atoms with Crippen LogP contribution in [0.3, 0.4) is 0 Å². The van der Waals surface area contributed by atoms with Crippen LogP contribution >= 0.6 is 0 Å². The summed E-state index contributed by atoms with van der Waals surface area (Å²) in [5.74, 6) is 0.993. The van der Waals surface area contributed by atoms with Crippen molar-refractivity contribution in [1.82, 2.24) is 0 Å². The summed E-state index contributed by atoms with van der Waals surface area (Å²) >= 11 is 0. The van der Waals surface area contributed by atoms with Crippen LogP contribution in [0.4, 0.5) is 0 Å². The van der Waals surface area contributed by atoms with Crippen molar-refractivity contribution in [2.75, 3.05) is 6.26 Å². The van der Waals surface area contributed by atoms with E-state index in [0.717, 1.165) is 25.5 Å². The number of hydrogen-bond donors (Lipinski definition) is 1. The molecule has 8 nitrogen and oxygen atoms in total. The number of rotatable bonds is 7. The first-order chi connectivity index (χ1) is 16.1. The standard InChI is InChI=1S/C26H37NO7S/c1-15(28)32-20-7-6-19(22(34-35(5,30)31)23(27)25(2,3)4)11-21(20)33-24(29)26-12-16-8-17(13-26)10-18(9-16)14-26/h6-7,11,16-18,22-23H,8-10,12-14,27H2,1-5H3. The smallest absolute Gasteiger partial charge is 0.317 e. The van der Waals surface area contributed by atoms with Crippen molar-refractivity contribution >= 4 is 22.1 Å². The van der Waals surface area contributed by atoms with Crippen molar-refractivity contribution in [2.24, 2.45) is 34.3 Å². The second-order valence-corrected chi connectivity index (χ2v) is 13.6. The van der Waals surface area contributed by atoms with E-state index in [9.17, 15) is 18.0 Å². The van der Waals surface area contributed by atoms with Crippen molar-refractivity contribution < 1.29 is 31.7 Å². The van der Waals surface area contributed by atoms with Gasteiger partial charge in [0.15, 0.2) is 11.5 Å². The Morgan fingerprint density at radius 2 is 1.54 bits per heavy atom. The Balaban J connectivity index is 1.68. The Morgan fingerprint density at radius 3 is 2.00 bits per heavy atom. The molecule has 4 saturated carbocycles. The van der Waals surface area contributed by atoms with Crippen LogP contribution in [0.5, 0.6) is 11.5 Å². The van der Waals surface area contributed by atoms with Gasteiger partial charge in [0.05, 0.1) is 11.7 Å². The van der Waals surface area contributed by atoms with Gasteiger partial charge in [-0.05, 0) is 79.4 Å². The molecule has 0 spiro atoms. The first-order valence-corrected chi connectivity index (χ1v) is 14.2. The van der Waals surface area contributed by atoms with Crippen LogP contribution < -0.4 is 15.2 Å². The van der Waals surface area contributed by atoms with Gasteiger partial charge in [0.2, 0.25) is 0 Å². The quantitative estimate of drug-likeness (QED) is 0.332. The van der Waals surface area contributed by atoms with Gasteiger partial charge < -0.3 is 15.2 Å². The molecule has 2 atom stereocenters. The maximum Gasteiger partial charge on any atom is 0.317 e. The first kappa shape index (κ1) is 26.1. The summed E-state index contributed by atoms with van der Waals surface area (Å²) in [5.41, 5.74) is 5.85. The summed E-state index contributed by atoms with van der Waals surface area (Å²) < 4.78 is 40.8. The van der Waals surface area contributed by atoms with Crippen LogP contribution in [0, 0.1) is 28.6 Å². The Labute approximate surface area is 208 Å². The Hall–Kier alpha value is -1.97. The predicted octanol–water partition coefficient (Wildman–Crippen LogP) is 4.12. The van der Waals surface area contributed by atoms with E-state index in [4.69, 9.17) is 19.4 Å². The molecule has 4 aliphatic carbocycles. The lowest BCUT2D eigenvalue weighted by molar-refractivity contribution is -0.161. The SMILES string of the molecule is CC(=O)Oc1ccc(C(OS(C)(=O)=O)C(N)C(C)(C)C)cc1OC(=O)C12CC3CC(CC(C3)C1)C2. The minimum atomic E-state index is -3.85. The molecule has 4 aliphatic rings. The second-order valence-electron chi connectivity index (χ2n) is 12.0. The minimum Gasteiger partial charge on any atom is -0.423 e. The first-order valence-electron chi connectivity index (χ1n) is 12.3. The number of ether oxygens (including phenoxy) is 2. The fourth-order valence-electron chi connectivity index (χ4n) is 6.55. The monoisotopic (exact) mass is 507 g/mol. The molecule has 2 N–H and O–H groups in total. The second kappa shape index (κ2) is 9.16. The largest absolute Gasteiger partial charge is 0.423 e. The molecule has 0 saturated heterocycles. The van der Waals surface area contributed by atoms with E-state index in [0.29, 0.717) is 23.3 Å². The number of carbonyl (C=O) groups is 2.